The summed E-state index contributed by atoms with van der Waals surface area (Å²) in [6.45, 7) is 4.26. The molecule has 0 aliphatic heterocycles. The topological polar surface area (TPSA) is 34.9 Å². The summed E-state index contributed by atoms with van der Waals surface area (Å²) >= 11 is 0. The monoisotopic (exact) mass is 184 g/mol. The molecule has 0 amide bonds. The van der Waals surface area contributed by atoms with E-state index in [-0.39, 0.29) is 0 Å². The van der Waals surface area contributed by atoms with Crippen LogP contribution in [-0.2, 0) is 7.05 Å². The highest BCUT2D eigenvalue weighted by molar-refractivity contribution is 6.00. The summed E-state index contributed by atoms with van der Waals surface area (Å²) in [5.41, 5.74) is -1.52. The Bertz CT molecular complexity index is 336. The van der Waals surface area contributed by atoms with Crippen LogP contribution in [0.15, 0.2) is 6.20 Å². The molecule has 0 bridgehead atoms. The quantitative estimate of drug-likeness (QED) is 0.655. The van der Waals surface area contributed by atoms with Gasteiger partial charge in [-0.1, -0.05) is 0 Å². The van der Waals surface area contributed by atoms with Gasteiger partial charge in [0.05, 0.1) is 6.20 Å². The van der Waals surface area contributed by atoms with Gasteiger partial charge in [0.1, 0.15) is 11.5 Å². The van der Waals surface area contributed by atoms with Crippen LogP contribution in [0, 0.1) is 6.92 Å². The summed E-state index contributed by atoms with van der Waals surface area (Å²) in [6.07, 6.45) is 1.40. The number of Topliss-reactive ketones (excluding diaryl/α,β-unsaturated/α-hetero) is 1. The van der Waals surface area contributed by atoms with Gasteiger partial charge in [-0.05, 0) is 20.8 Å². The Morgan fingerprint density at radius 3 is 2.46 bits per heavy atom. The fourth-order valence-corrected chi connectivity index (χ4v) is 1.02. The molecule has 0 aliphatic rings. The largest absolute Gasteiger partial charge is 0.329 e. The van der Waals surface area contributed by atoms with Gasteiger partial charge >= 0.3 is 0 Å². The number of aryl methyl sites for hydroxylation is 1. The molecule has 0 atom stereocenters. The number of hydrogen-bond acceptors (Lipinski definition) is 2. The molecule has 72 valence electrons. The summed E-state index contributed by atoms with van der Waals surface area (Å²) in [4.78, 5) is 15.4. The lowest BCUT2D eigenvalue weighted by molar-refractivity contribution is 0.0751. The number of rotatable bonds is 2. The van der Waals surface area contributed by atoms with E-state index >= 15 is 0 Å². The van der Waals surface area contributed by atoms with Crippen LogP contribution in [0.2, 0.25) is 0 Å². The Morgan fingerprint density at radius 1 is 1.62 bits per heavy atom. The van der Waals surface area contributed by atoms with Gasteiger partial charge < -0.3 is 4.57 Å². The van der Waals surface area contributed by atoms with Crippen LogP contribution in [0.1, 0.15) is 30.2 Å². The minimum absolute atomic E-state index is 0.310. The van der Waals surface area contributed by atoms with Crippen LogP contribution in [0.4, 0.5) is 4.39 Å². The summed E-state index contributed by atoms with van der Waals surface area (Å²) < 4.78 is 14.9. The molecular weight excluding hydrogens is 171 g/mol. The summed E-state index contributed by atoms with van der Waals surface area (Å²) in [5.74, 6) is 0.170. The molecule has 0 fully saturated rings. The van der Waals surface area contributed by atoms with Crippen molar-refractivity contribution in [1.82, 2.24) is 9.55 Å². The van der Waals surface area contributed by atoms with Crippen molar-refractivity contribution in [2.45, 2.75) is 26.4 Å². The third-order valence-corrected chi connectivity index (χ3v) is 1.99. The second-order valence-electron chi connectivity index (χ2n) is 3.55. The first-order valence-corrected chi connectivity index (χ1v) is 4.06. The molecule has 1 aromatic rings. The molecule has 1 heterocycles. The van der Waals surface area contributed by atoms with Crippen LogP contribution in [0.3, 0.4) is 0 Å². The Balaban J connectivity index is 3.10. The van der Waals surface area contributed by atoms with E-state index in [4.69, 9.17) is 0 Å². The third kappa shape index (κ3) is 1.76. The van der Waals surface area contributed by atoms with Crippen molar-refractivity contribution in [3.8, 4) is 0 Å². The van der Waals surface area contributed by atoms with Crippen LogP contribution in [0.25, 0.3) is 0 Å². The van der Waals surface area contributed by atoms with Gasteiger partial charge in [0, 0.05) is 7.05 Å². The molecule has 0 N–H and O–H groups in total. The van der Waals surface area contributed by atoms with E-state index in [0.29, 0.717) is 11.5 Å². The Labute approximate surface area is 76.6 Å². The van der Waals surface area contributed by atoms with Gasteiger partial charge in [-0.15, -0.1) is 0 Å². The number of halogens is 1. The van der Waals surface area contributed by atoms with E-state index in [1.54, 1.807) is 18.5 Å². The van der Waals surface area contributed by atoms with Crippen molar-refractivity contribution in [1.29, 1.82) is 0 Å². The second-order valence-corrected chi connectivity index (χ2v) is 3.55. The fraction of sp³-hybridized carbons (Fsp3) is 0.556. The number of carbonyl (C=O) groups excluding carboxylic acids is 1. The van der Waals surface area contributed by atoms with Crippen molar-refractivity contribution >= 4 is 5.78 Å². The lowest BCUT2D eigenvalue weighted by atomic mass is 10.0. The second kappa shape index (κ2) is 2.94. The predicted molar refractivity (Wildman–Crippen MR) is 47.5 cm³/mol. The molecule has 0 saturated carbocycles. The maximum Gasteiger partial charge on any atom is 0.217 e. The van der Waals surface area contributed by atoms with E-state index in [9.17, 15) is 9.18 Å². The van der Waals surface area contributed by atoms with Crippen LogP contribution in [-0.4, -0.2) is 21.0 Å². The average Bonchev–Trinajstić information content (AvgIpc) is 2.30. The zero-order valence-corrected chi connectivity index (χ0v) is 8.26. The van der Waals surface area contributed by atoms with E-state index in [0.717, 1.165) is 0 Å². The molecule has 0 spiro atoms. The van der Waals surface area contributed by atoms with Gasteiger partial charge in [-0.25, -0.2) is 9.37 Å². The predicted octanol–water partition coefficient (Wildman–Crippen LogP) is 1.66. The van der Waals surface area contributed by atoms with E-state index in [1.807, 2.05) is 0 Å². The number of alkyl halides is 1. The zero-order valence-electron chi connectivity index (χ0n) is 8.26. The molecule has 0 aromatic carbocycles. The molecule has 3 nitrogen and oxygen atoms in total. The number of carbonyl (C=O) groups is 1. The van der Waals surface area contributed by atoms with Crippen molar-refractivity contribution in [3.63, 3.8) is 0 Å². The molecule has 0 unspecified atom stereocenters. The molecular formula is C9H13FN2O. The zero-order chi connectivity index (χ0) is 10.2. The number of aromatic nitrogens is 2. The van der Waals surface area contributed by atoms with Crippen LogP contribution in [0.5, 0.6) is 0 Å². The van der Waals surface area contributed by atoms with Crippen LogP contribution < -0.4 is 0 Å². The van der Waals surface area contributed by atoms with Gasteiger partial charge in [-0.2, -0.15) is 0 Å². The van der Waals surface area contributed by atoms with Crippen molar-refractivity contribution in [3.05, 3.63) is 17.7 Å². The van der Waals surface area contributed by atoms with Crippen molar-refractivity contribution in [2.24, 2.45) is 7.05 Å². The van der Waals surface area contributed by atoms with E-state index in [2.05, 4.69) is 4.98 Å². The molecule has 0 aliphatic carbocycles. The number of nitrogens with zero attached hydrogens (tertiary/aromatic N) is 2. The lowest BCUT2D eigenvalue weighted by Crippen LogP contribution is -2.27. The highest BCUT2D eigenvalue weighted by Crippen LogP contribution is 2.16. The summed E-state index contributed by atoms with van der Waals surface area (Å²) in [5, 5.41) is 0. The maximum absolute atomic E-state index is 13.3. The molecule has 1 aromatic heterocycles. The van der Waals surface area contributed by atoms with E-state index < -0.39 is 11.5 Å². The minimum atomic E-state index is -1.83. The molecule has 0 saturated heterocycles. The molecule has 0 radical (unpaired) electrons. The standard InChI is InChI=1S/C9H13FN2O/c1-6-11-5-7(12(6)4)8(13)9(2,3)10/h5H,1-4H3. The van der Waals surface area contributed by atoms with Gasteiger partial charge in [-0.3, -0.25) is 4.79 Å². The Kier molecular flexibility index (Phi) is 2.24. The Hall–Kier alpha value is -1.19. The average molecular weight is 184 g/mol. The Morgan fingerprint density at radius 2 is 2.15 bits per heavy atom. The van der Waals surface area contributed by atoms with Gasteiger partial charge in [0.15, 0.2) is 5.67 Å². The van der Waals surface area contributed by atoms with Gasteiger partial charge in [0.25, 0.3) is 0 Å². The van der Waals surface area contributed by atoms with Crippen molar-refractivity contribution in [2.75, 3.05) is 0 Å². The highest BCUT2D eigenvalue weighted by Gasteiger charge is 2.30. The summed E-state index contributed by atoms with van der Waals surface area (Å²) in [7, 11) is 1.70. The molecule has 13 heavy (non-hydrogen) atoms. The lowest BCUT2D eigenvalue weighted by Gasteiger charge is -2.12. The normalized spacial score (nSPS) is 11.8. The van der Waals surface area contributed by atoms with Crippen molar-refractivity contribution < 1.29 is 9.18 Å². The molecule has 1 rings (SSSR count). The third-order valence-electron chi connectivity index (χ3n) is 1.99. The number of hydrogen-bond donors (Lipinski definition) is 0. The first kappa shape index (κ1) is 9.89. The number of ketones is 1. The van der Waals surface area contributed by atoms with Gasteiger partial charge in [0.2, 0.25) is 5.78 Å². The minimum Gasteiger partial charge on any atom is -0.329 e. The number of imidazole rings is 1. The SMILES string of the molecule is Cc1ncc(C(=O)C(C)(C)F)n1C. The van der Waals surface area contributed by atoms with Crippen LogP contribution >= 0.6 is 0 Å². The summed E-state index contributed by atoms with van der Waals surface area (Å²) in [6, 6.07) is 0. The smallest absolute Gasteiger partial charge is 0.217 e. The molecule has 4 heteroatoms. The first-order valence-electron chi connectivity index (χ1n) is 4.06. The highest BCUT2D eigenvalue weighted by atomic mass is 19.1. The first-order chi connectivity index (χ1) is 5.84. The maximum atomic E-state index is 13.3. The van der Waals surface area contributed by atoms with E-state index in [1.165, 1.54) is 20.0 Å². The fourth-order valence-electron chi connectivity index (χ4n) is 1.02.